The summed E-state index contributed by atoms with van der Waals surface area (Å²) in [7, 11) is 1.64. The van der Waals surface area contributed by atoms with Gasteiger partial charge in [0.2, 0.25) is 0 Å². The minimum Gasteiger partial charge on any atom is -0.492 e. The number of ether oxygens (including phenoxy) is 2. The van der Waals surface area contributed by atoms with Crippen molar-refractivity contribution in [3.8, 4) is 11.5 Å². The number of fused-ring (bicyclic) bond motifs is 3. The molecule has 1 N–H and O–H groups in total. The second kappa shape index (κ2) is 9.44. The van der Waals surface area contributed by atoms with Crippen LogP contribution in [0.3, 0.4) is 0 Å². The molecule has 0 aromatic heterocycles. The molecule has 5 rings (SSSR count). The highest BCUT2D eigenvalue weighted by Crippen LogP contribution is 2.49. The van der Waals surface area contributed by atoms with E-state index in [0.717, 1.165) is 22.1 Å². The number of nitrogens with one attached hydrogen (secondary N) is 1. The Labute approximate surface area is 203 Å². The van der Waals surface area contributed by atoms with Crippen molar-refractivity contribution in [2.24, 2.45) is 10.9 Å². The van der Waals surface area contributed by atoms with Crippen LogP contribution in [-0.4, -0.2) is 19.9 Å². The fourth-order valence-electron chi connectivity index (χ4n) is 4.91. The Morgan fingerprint density at radius 2 is 1.94 bits per heavy atom. The molecular formula is C28H27BrN2O2. The summed E-state index contributed by atoms with van der Waals surface area (Å²) in [5.74, 6) is 2.43. The molecule has 1 aliphatic carbocycles. The number of para-hydroxylation sites is 1. The molecule has 0 saturated heterocycles. The summed E-state index contributed by atoms with van der Waals surface area (Å²) in [6, 6.07) is 21.5. The number of anilines is 1. The number of aliphatic imine (C=N–C) groups is 1. The predicted octanol–water partition coefficient (Wildman–Crippen LogP) is 7.43. The van der Waals surface area contributed by atoms with E-state index in [9.17, 15) is 0 Å². The highest BCUT2D eigenvalue weighted by Gasteiger charge is 2.37. The van der Waals surface area contributed by atoms with Crippen LogP contribution in [0.2, 0.25) is 0 Å². The Bertz CT molecular complexity index is 1200. The lowest BCUT2D eigenvalue weighted by atomic mass is 9.77. The first-order chi connectivity index (χ1) is 16.2. The van der Waals surface area contributed by atoms with E-state index >= 15 is 0 Å². The van der Waals surface area contributed by atoms with E-state index in [4.69, 9.17) is 9.47 Å². The van der Waals surface area contributed by atoms with E-state index in [0.29, 0.717) is 36.0 Å². The van der Waals surface area contributed by atoms with Crippen LogP contribution in [0, 0.1) is 5.92 Å². The van der Waals surface area contributed by atoms with Crippen LogP contribution in [-0.2, 0) is 0 Å². The molecule has 0 spiro atoms. The van der Waals surface area contributed by atoms with E-state index in [-0.39, 0.29) is 0 Å². The highest BCUT2D eigenvalue weighted by atomic mass is 79.9. The van der Waals surface area contributed by atoms with E-state index < -0.39 is 0 Å². The van der Waals surface area contributed by atoms with E-state index in [1.165, 1.54) is 16.8 Å². The number of nitrogens with zero attached hydrogens (tertiary/aromatic N) is 1. The lowest BCUT2D eigenvalue weighted by molar-refractivity contribution is 0.310. The summed E-state index contributed by atoms with van der Waals surface area (Å²) in [5.41, 5.74) is 5.81. The first-order valence-electron chi connectivity index (χ1n) is 11.3. The first kappa shape index (κ1) is 21.8. The van der Waals surface area contributed by atoms with Crippen LogP contribution < -0.4 is 14.8 Å². The quantitative estimate of drug-likeness (QED) is 0.281. The zero-order valence-corrected chi connectivity index (χ0v) is 20.4. The average molecular weight is 503 g/mol. The molecule has 0 unspecified atom stereocenters. The Morgan fingerprint density at radius 3 is 2.73 bits per heavy atom. The minimum absolute atomic E-state index is 0.296. The third-order valence-corrected chi connectivity index (χ3v) is 7.01. The molecule has 1 aliphatic heterocycles. The highest BCUT2D eigenvalue weighted by molar-refractivity contribution is 9.10. The number of allylic oxidation sites excluding steroid dienone is 2. The summed E-state index contributed by atoms with van der Waals surface area (Å²) < 4.78 is 12.0. The molecule has 3 atom stereocenters. The zero-order valence-electron chi connectivity index (χ0n) is 18.8. The summed E-state index contributed by atoms with van der Waals surface area (Å²) in [5, 5.41) is 3.79. The maximum atomic E-state index is 5.71. The van der Waals surface area contributed by atoms with Gasteiger partial charge in [0, 0.05) is 17.8 Å². The van der Waals surface area contributed by atoms with Crippen LogP contribution in [0.4, 0.5) is 11.4 Å². The topological polar surface area (TPSA) is 42.8 Å². The van der Waals surface area contributed by atoms with Gasteiger partial charge >= 0.3 is 0 Å². The lowest BCUT2D eigenvalue weighted by Crippen LogP contribution is -2.28. The van der Waals surface area contributed by atoms with Crippen LogP contribution in [0.5, 0.6) is 11.5 Å². The van der Waals surface area contributed by atoms with Crippen LogP contribution in [0.15, 0.2) is 82.3 Å². The Kier molecular flexibility index (Phi) is 6.23. The number of rotatable bonds is 6. The smallest absolute Gasteiger partial charge is 0.174 e. The van der Waals surface area contributed by atoms with Crippen molar-refractivity contribution in [1.82, 2.24) is 0 Å². The van der Waals surface area contributed by atoms with Gasteiger partial charge in [-0.1, -0.05) is 42.5 Å². The molecular weight excluding hydrogens is 476 g/mol. The molecule has 33 heavy (non-hydrogen) atoms. The van der Waals surface area contributed by atoms with E-state index in [2.05, 4.69) is 86.9 Å². The predicted molar refractivity (Wildman–Crippen MR) is 138 cm³/mol. The summed E-state index contributed by atoms with van der Waals surface area (Å²) in [6.07, 6.45) is 7.66. The van der Waals surface area contributed by atoms with Crippen molar-refractivity contribution in [3.63, 3.8) is 0 Å². The van der Waals surface area contributed by atoms with Crippen LogP contribution in [0.25, 0.3) is 0 Å². The van der Waals surface area contributed by atoms with Gasteiger partial charge in [0.15, 0.2) is 11.5 Å². The minimum atomic E-state index is 0.296. The largest absolute Gasteiger partial charge is 0.492 e. The Morgan fingerprint density at radius 1 is 1.12 bits per heavy atom. The summed E-state index contributed by atoms with van der Waals surface area (Å²) in [6.45, 7) is 2.53. The second-order valence-corrected chi connectivity index (χ2v) is 9.23. The maximum absolute atomic E-state index is 5.71. The van der Waals surface area contributed by atoms with Gasteiger partial charge in [-0.2, -0.15) is 0 Å². The van der Waals surface area contributed by atoms with Crippen molar-refractivity contribution in [2.45, 2.75) is 25.3 Å². The van der Waals surface area contributed by atoms with Gasteiger partial charge in [0.25, 0.3) is 0 Å². The second-order valence-electron chi connectivity index (χ2n) is 8.38. The van der Waals surface area contributed by atoms with Crippen molar-refractivity contribution in [2.75, 3.05) is 19.0 Å². The molecule has 2 aliphatic rings. The van der Waals surface area contributed by atoms with Crippen molar-refractivity contribution < 1.29 is 9.47 Å². The van der Waals surface area contributed by atoms with Crippen LogP contribution in [0.1, 0.15) is 42.0 Å². The fourth-order valence-corrected chi connectivity index (χ4v) is 5.54. The average Bonchev–Trinajstić information content (AvgIpc) is 3.33. The summed E-state index contributed by atoms with van der Waals surface area (Å²) in [4.78, 5) is 4.69. The molecule has 168 valence electrons. The fraction of sp³-hybridized carbons (Fsp3) is 0.250. The first-order valence-corrected chi connectivity index (χ1v) is 12.1. The molecule has 0 bridgehead atoms. The Balaban J connectivity index is 1.36. The molecule has 5 heteroatoms. The van der Waals surface area contributed by atoms with Gasteiger partial charge in [-0.25, -0.2) is 0 Å². The number of methoxy groups -OCH3 is 1. The number of hydrogen-bond donors (Lipinski definition) is 1. The van der Waals surface area contributed by atoms with E-state index in [1.54, 1.807) is 7.11 Å². The van der Waals surface area contributed by atoms with Gasteiger partial charge in [-0.3, -0.25) is 4.99 Å². The molecule has 3 aromatic rings. The normalized spacial score (nSPS) is 20.9. The molecule has 4 nitrogen and oxygen atoms in total. The van der Waals surface area contributed by atoms with Crippen molar-refractivity contribution in [1.29, 1.82) is 0 Å². The molecule has 0 saturated carbocycles. The molecule has 0 amide bonds. The number of hydrogen-bond acceptors (Lipinski definition) is 4. The molecule has 0 fully saturated rings. The SMILES string of the molecule is CCOc1cc(C=Nc2ccc([C@@H]3Nc4ccccc4[C@@H]4C=CC[C@@H]43)cc2)cc(Br)c1OC. The van der Waals surface area contributed by atoms with Gasteiger partial charge in [-0.05, 0) is 82.2 Å². The monoisotopic (exact) mass is 502 g/mol. The van der Waals surface area contributed by atoms with Crippen molar-refractivity contribution >= 4 is 33.5 Å². The third-order valence-electron chi connectivity index (χ3n) is 6.42. The Hall–Kier alpha value is -3.05. The lowest BCUT2D eigenvalue weighted by Gasteiger charge is -2.37. The van der Waals surface area contributed by atoms with Gasteiger partial charge in [0.05, 0.1) is 29.9 Å². The maximum Gasteiger partial charge on any atom is 0.174 e. The van der Waals surface area contributed by atoms with Gasteiger partial charge < -0.3 is 14.8 Å². The third kappa shape index (κ3) is 4.30. The van der Waals surface area contributed by atoms with Crippen molar-refractivity contribution in [3.05, 3.63) is 94.0 Å². The standard InChI is InChI=1S/C28H27BrN2O2/c1-3-33-26-16-18(15-24(29)28(26)32-2)17-30-20-13-11-19(12-14-20)27-23-9-6-8-21(23)22-7-4-5-10-25(22)31-27/h4-8,10-17,21,23,27,31H,3,9H2,1-2H3/t21-,23-,27-/m0/s1. The van der Waals surface area contributed by atoms with Gasteiger partial charge in [0.1, 0.15) is 0 Å². The summed E-state index contributed by atoms with van der Waals surface area (Å²) >= 11 is 3.56. The van der Waals surface area contributed by atoms with E-state index in [1.807, 2.05) is 25.3 Å². The number of halogens is 1. The molecule has 0 radical (unpaired) electrons. The molecule has 3 aromatic carbocycles. The number of benzene rings is 3. The van der Waals surface area contributed by atoms with Gasteiger partial charge in [-0.15, -0.1) is 0 Å². The molecule has 1 heterocycles. The van der Waals surface area contributed by atoms with Crippen LogP contribution >= 0.6 is 15.9 Å². The zero-order chi connectivity index (χ0) is 22.8.